The van der Waals surface area contributed by atoms with Gasteiger partial charge in [0.05, 0.1) is 11.0 Å². The van der Waals surface area contributed by atoms with Gasteiger partial charge >= 0.3 is 0 Å². The molecule has 1 aliphatic rings. The van der Waals surface area contributed by atoms with Crippen molar-refractivity contribution in [3.05, 3.63) is 59.2 Å². The van der Waals surface area contributed by atoms with Crippen LogP contribution < -0.4 is 4.72 Å². The number of carbonyl (C=O) groups excluding carboxylic acids is 1. The van der Waals surface area contributed by atoms with Crippen molar-refractivity contribution in [3.63, 3.8) is 0 Å². The Kier molecular flexibility index (Phi) is 8.32. The van der Waals surface area contributed by atoms with Crippen LogP contribution >= 0.6 is 0 Å². The van der Waals surface area contributed by atoms with Crippen molar-refractivity contribution in [1.29, 1.82) is 0 Å². The van der Waals surface area contributed by atoms with E-state index in [1.165, 1.54) is 11.6 Å². The molecule has 2 aromatic rings. The molecule has 1 saturated heterocycles. The summed E-state index contributed by atoms with van der Waals surface area (Å²) in [6.45, 7) is 7.76. The largest absolute Gasteiger partial charge is 0.378 e. The topological polar surface area (TPSA) is 75.7 Å². The summed E-state index contributed by atoms with van der Waals surface area (Å²) in [6.07, 6.45) is 4.99. The highest BCUT2D eigenvalue weighted by molar-refractivity contribution is 7.92. The average molecular weight is 459 g/mol. The second-order valence-electron chi connectivity index (χ2n) is 8.33. The number of amides is 1. The molecule has 0 aromatic heterocycles. The molecule has 0 atom stereocenters. The predicted octanol–water partition coefficient (Wildman–Crippen LogP) is 4.78. The van der Waals surface area contributed by atoms with Gasteiger partial charge in [-0.25, -0.2) is 8.42 Å². The second kappa shape index (κ2) is 11.0. The first-order valence-electron chi connectivity index (χ1n) is 11.5. The lowest BCUT2D eigenvalue weighted by molar-refractivity contribution is 0.0146. The van der Waals surface area contributed by atoms with Gasteiger partial charge in [0.25, 0.3) is 15.9 Å². The van der Waals surface area contributed by atoms with E-state index in [4.69, 9.17) is 4.74 Å². The lowest BCUT2D eigenvalue weighted by atomic mass is 10.1. The molecular weight excluding hydrogens is 424 g/mol. The molecule has 0 saturated carbocycles. The summed E-state index contributed by atoms with van der Waals surface area (Å²) in [5.74, 6) is -0.142. The molecule has 6 nitrogen and oxygen atoms in total. The first kappa shape index (κ1) is 24.3. The van der Waals surface area contributed by atoms with Gasteiger partial charge in [-0.15, -0.1) is 0 Å². The van der Waals surface area contributed by atoms with Crippen molar-refractivity contribution in [3.8, 4) is 0 Å². The van der Waals surface area contributed by atoms with Crippen LogP contribution in [0.2, 0.25) is 0 Å². The van der Waals surface area contributed by atoms with Crippen LogP contribution in [0.25, 0.3) is 0 Å². The molecule has 3 rings (SSSR count). The van der Waals surface area contributed by atoms with E-state index >= 15 is 0 Å². The highest BCUT2D eigenvalue weighted by Gasteiger charge is 2.25. The maximum Gasteiger partial charge on any atom is 0.262 e. The highest BCUT2D eigenvalue weighted by atomic mass is 32.2. The zero-order chi connectivity index (χ0) is 23.1. The number of hydrogen-bond donors (Lipinski definition) is 1. The van der Waals surface area contributed by atoms with Crippen LogP contribution in [0.4, 0.5) is 5.69 Å². The maximum absolute atomic E-state index is 13.1. The van der Waals surface area contributed by atoms with Crippen molar-refractivity contribution in [2.75, 3.05) is 24.4 Å². The molecular formula is C25H34N2O4S. The predicted molar refractivity (Wildman–Crippen MR) is 128 cm³/mol. The normalized spacial score (nSPS) is 15.0. The van der Waals surface area contributed by atoms with Gasteiger partial charge in [-0.3, -0.25) is 9.52 Å². The van der Waals surface area contributed by atoms with Gasteiger partial charge < -0.3 is 9.64 Å². The minimum atomic E-state index is -3.82. The van der Waals surface area contributed by atoms with E-state index in [0.29, 0.717) is 36.5 Å². The second-order valence-corrected chi connectivity index (χ2v) is 9.98. The Morgan fingerprint density at radius 1 is 1.09 bits per heavy atom. The molecule has 0 unspecified atom stereocenters. The van der Waals surface area contributed by atoms with E-state index in [1.54, 1.807) is 36.1 Å². The summed E-state index contributed by atoms with van der Waals surface area (Å²) in [7, 11) is -3.82. The maximum atomic E-state index is 13.1. The number of nitrogens with zero attached hydrogens (tertiary/aromatic N) is 1. The van der Waals surface area contributed by atoms with Gasteiger partial charge in [0.15, 0.2) is 0 Å². The van der Waals surface area contributed by atoms with Crippen molar-refractivity contribution in [2.45, 2.75) is 63.9 Å². The number of anilines is 1. The van der Waals surface area contributed by atoms with Gasteiger partial charge in [0.2, 0.25) is 0 Å². The van der Waals surface area contributed by atoms with E-state index in [0.717, 1.165) is 32.1 Å². The fourth-order valence-electron chi connectivity index (χ4n) is 4.00. The van der Waals surface area contributed by atoms with Crippen LogP contribution in [0.3, 0.4) is 0 Å². The van der Waals surface area contributed by atoms with Crippen LogP contribution in [0, 0.1) is 6.92 Å². The molecule has 7 heteroatoms. The van der Waals surface area contributed by atoms with Crippen molar-refractivity contribution >= 4 is 21.6 Å². The molecule has 32 heavy (non-hydrogen) atoms. The summed E-state index contributed by atoms with van der Waals surface area (Å²) >= 11 is 0. The van der Waals surface area contributed by atoms with Crippen molar-refractivity contribution < 1.29 is 17.9 Å². The number of aryl methyl sites for hydroxylation is 2. The van der Waals surface area contributed by atoms with E-state index < -0.39 is 10.0 Å². The van der Waals surface area contributed by atoms with Gasteiger partial charge in [-0.2, -0.15) is 0 Å². The van der Waals surface area contributed by atoms with Crippen molar-refractivity contribution in [2.24, 2.45) is 0 Å². The minimum Gasteiger partial charge on any atom is -0.378 e. The number of likely N-dealkylation sites (tertiary alicyclic amines) is 1. The molecule has 0 bridgehead atoms. The third-order valence-corrected chi connectivity index (χ3v) is 7.40. The summed E-state index contributed by atoms with van der Waals surface area (Å²) < 4.78 is 34.5. The number of carbonyl (C=O) groups is 1. The van der Waals surface area contributed by atoms with Gasteiger partial charge in [-0.05, 0) is 74.9 Å². The molecule has 1 heterocycles. The first-order chi connectivity index (χ1) is 15.3. The Morgan fingerprint density at radius 3 is 2.41 bits per heavy atom. The third-order valence-electron chi connectivity index (χ3n) is 5.88. The Labute approximate surface area is 192 Å². The lowest BCUT2D eigenvalue weighted by Gasteiger charge is -2.32. The van der Waals surface area contributed by atoms with Crippen LogP contribution in [-0.4, -0.2) is 45.0 Å². The van der Waals surface area contributed by atoms with Crippen LogP contribution in [0.1, 0.15) is 61.0 Å². The van der Waals surface area contributed by atoms with Crippen molar-refractivity contribution in [1.82, 2.24) is 4.90 Å². The first-order valence-corrected chi connectivity index (χ1v) is 13.0. The Hall–Kier alpha value is -2.38. The summed E-state index contributed by atoms with van der Waals surface area (Å²) in [5, 5.41) is 0. The standard InChI is InChI=1S/C25H34N2O4S/c1-4-6-7-20-9-12-22(13-10-20)26-32(29,30)24-18-21(11-8-19(24)3)25(28)27-16-14-23(15-17-27)31-5-2/h8-13,18,23,26H,4-7,14-17H2,1-3H3. The summed E-state index contributed by atoms with van der Waals surface area (Å²) in [5.41, 5.74) is 2.69. The molecule has 1 aliphatic heterocycles. The molecule has 0 radical (unpaired) electrons. The molecule has 0 spiro atoms. The molecule has 174 valence electrons. The number of unbranched alkanes of at least 4 members (excludes halogenated alkanes) is 1. The number of hydrogen-bond acceptors (Lipinski definition) is 4. The average Bonchev–Trinajstić information content (AvgIpc) is 2.79. The van der Waals surface area contributed by atoms with Crippen LogP contribution in [0.5, 0.6) is 0 Å². The SMILES string of the molecule is CCCCc1ccc(NS(=O)(=O)c2cc(C(=O)N3CCC(OCC)CC3)ccc2C)cc1. The smallest absolute Gasteiger partial charge is 0.262 e. The Bertz CT molecular complexity index is 1010. The monoisotopic (exact) mass is 458 g/mol. The van der Waals surface area contributed by atoms with Gasteiger partial charge in [0, 0.05) is 30.9 Å². The third kappa shape index (κ3) is 6.11. The number of ether oxygens (including phenoxy) is 1. The Morgan fingerprint density at radius 2 is 1.78 bits per heavy atom. The molecule has 1 fully saturated rings. The molecule has 2 aromatic carbocycles. The quantitative estimate of drug-likeness (QED) is 0.587. The zero-order valence-electron chi connectivity index (χ0n) is 19.3. The minimum absolute atomic E-state index is 0.127. The lowest BCUT2D eigenvalue weighted by Crippen LogP contribution is -2.41. The zero-order valence-corrected chi connectivity index (χ0v) is 20.1. The number of rotatable bonds is 9. The van der Waals surface area contributed by atoms with Crippen LogP contribution in [-0.2, 0) is 21.2 Å². The molecule has 1 N–H and O–H groups in total. The van der Waals surface area contributed by atoms with E-state index in [9.17, 15) is 13.2 Å². The summed E-state index contributed by atoms with van der Waals surface area (Å²) in [6, 6.07) is 12.4. The van der Waals surface area contributed by atoms with Crippen LogP contribution in [0.15, 0.2) is 47.4 Å². The molecule has 1 amide bonds. The number of benzene rings is 2. The fraction of sp³-hybridized carbons (Fsp3) is 0.480. The number of nitrogens with one attached hydrogen (secondary N) is 1. The van der Waals surface area contributed by atoms with Gasteiger partial charge in [0.1, 0.15) is 0 Å². The Balaban J connectivity index is 1.73. The van der Waals surface area contributed by atoms with E-state index in [-0.39, 0.29) is 16.9 Å². The number of piperidine rings is 1. The summed E-state index contributed by atoms with van der Waals surface area (Å²) in [4.78, 5) is 14.9. The number of sulfonamides is 1. The molecule has 0 aliphatic carbocycles. The highest BCUT2D eigenvalue weighted by Crippen LogP contribution is 2.23. The van der Waals surface area contributed by atoms with E-state index in [1.807, 2.05) is 19.1 Å². The fourth-order valence-corrected chi connectivity index (χ4v) is 5.33. The van der Waals surface area contributed by atoms with Gasteiger partial charge in [-0.1, -0.05) is 31.5 Å². The van der Waals surface area contributed by atoms with E-state index in [2.05, 4.69) is 11.6 Å².